The Bertz CT molecular complexity index is 553. The minimum Gasteiger partial charge on any atom is -0.741 e. The summed E-state index contributed by atoms with van der Waals surface area (Å²) in [6.45, 7) is 6.99. The first-order valence-corrected chi connectivity index (χ1v) is 11.4. The van der Waals surface area contributed by atoms with Crippen LogP contribution in [0.4, 0.5) is 13.2 Å². The van der Waals surface area contributed by atoms with Crippen LogP contribution in [-0.2, 0) is 10.1 Å². The first-order valence-electron chi connectivity index (χ1n) is 9.98. The van der Waals surface area contributed by atoms with Gasteiger partial charge in [-0.05, 0) is 65.2 Å². The molecule has 0 heterocycles. The highest BCUT2D eigenvalue weighted by atomic mass is 32.2. The highest BCUT2D eigenvalue weighted by Crippen LogP contribution is 2.23. The van der Waals surface area contributed by atoms with Crippen molar-refractivity contribution in [3.8, 4) is 0 Å². The second kappa shape index (κ2) is 11.2. The minimum atomic E-state index is -6.09. The predicted molar refractivity (Wildman–Crippen MR) is 98.7 cm³/mol. The van der Waals surface area contributed by atoms with Gasteiger partial charge in [0.2, 0.25) is 6.34 Å². The normalized spacial score (nSPS) is 20.7. The van der Waals surface area contributed by atoms with Crippen molar-refractivity contribution in [2.45, 2.75) is 95.6 Å². The maximum atomic E-state index is 10.7. The Morgan fingerprint density at radius 2 is 1.44 bits per heavy atom. The molecule has 0 aromatic heterocycles. The molecular formula is C18H33F3N2O3S. The van der Waals surface area contributed by atoms with Crippen LogP contribution in [-0.4, -0.2) is 59.5 Å². The van der Waals surface area contributed by atoms with Crippen molar-refractivity contribution in [1.82, 2.24) is 4.90 Å². The summed E-state index contributed by atoms with van der Waals surface area (Å²) in [4.78, 5) is 2.64. The Hall–Kier alpha value is -0.830. The maximum Gasteiger partial charge on any atom is 0.485 e. The van der Waals surface area contributed by atoms with Crippen LogP contribution in [0.15, 0.2) is 0 Å². The summed E-state index contributed by atoms with van der Waals surface area (Å²) < 4.78 is 61.5. The van der Waals surface area contributed by atoms with E-state index in [-0.39, 0.29) is 0 Å². The van der Waals surface area contributed by atoms with Gasteiger partial charge in [-0.25, -0.2) is 8.42 Å². The third kappa shape index (κ3) is 8.37. The van der Waals surface area contributed by atoms with E-state index in [2.05, 4.69) is 29.7 Å². The summed E-state index contributed by atoms with van der Waals surface area (Å²) >= 11 is 0. The molecule has 9 heteroatoms. The van der Waals surface area contributed by atoms with Gasteiger partial charge in [0.05, 0.1) is 25.2 Å². The van der Waals surface area contributed by atoms with Crippen molar-refractivity contribution in [2.24, 2.45) is 0 Å². The van der Waals surface area contributed by atoms with Crippen LogP contribution >= 0.6 is 0 Å². The van der Waals surface area contributed by atoms with E-state index in [0.717, 1.165) is 12.1 Å². The van der Waals surface area contributed by atoms with Gasteiger partial charge >= 0.3 is 5.51 Å². The van der Waals surface area contributed by atoms with E-state index in [1.807, 2.05) is 0 Å². The molecule has 0 spiro atoms. The fourth-order valence-corrected chi connectivity index (χ4v) is 3.88. The van der Waals surface area contributed by atoms with Crippen molar-refractivity contribution in [3.63, 3.8) is 0 Å². The summed E-state index contributed by atoms with van der Waals surface area (Å²) in [6.07, 6.45) is 16.8. The van der Waals surface area contributed by atoms with Crippen LogP contribution in [0.3, 0.4) is 0 Å². The molecule has 0 aliphatic heterocycles. The topological polar surface area (TPSA) is 63.5 Å². The Labute approximate surface area is 161 Å². The van der Waals surface area contributed by atoms with Gasteiger partial charge in [-0.1, -0.05) is 12.8 Å². The zero-order valence-corrected chi connectivity index (χ0v) is 17.2. The number of rotatable bonds is 5. The lowest BCUT2D eigenvalue weighted by Crippen LogP contribution is -2.41. The average molecular weight is 415 g/mol. The average Bonchev–Trinajstić information content (AvgIpc) is 2.63. The molecule has 2 aliphatic carbocycles. The molecule has 5 nitrogen and oxygen atoms in total. The zero-order chi connectivity index (χ0) is 20.5. The SMILES string of the molecule is CCN(C=[N+](CC)C1CCCCC1)C1CCCCC1.O=S(=O)([O-])C(F)(F)F. The van der Waals surface area contributed by atoms with Gasteiger partial charge in [0, 0.05) is 0 Å². The number of alkyl halides is 3. The summed E-state index contributed by atoms with van der Waals surface area (Å²) in [5.74, 6) is 0. The van der Waals surface area contributed by atoms with Crippen molar-refractivity contribution in [2.75, 3.05) is 13.1 Å². The lowest BCUT2D eigenvalue weighted by atomic mass is 9.94. The molecule has 0 radical (unpaired) electrons. The quantitative estimate of drug-likeness (QED) is 0.224. The third-order valence-corrected chi connectivity index (χ3v) is 5.96. The fraction of sp³-hybridized carbons (Fsp3) is 0.944. The fourth-order valence-electron chi connectivity index (χ4n) is 3.88. The lowest BCUT2D eigenvalue weighted by Gasteiger charge is -2.29. The van der Waals surface area contributed by atoms with Gasteiger partial charge < -0.3 is 4.55 Å². The predicted octanol–water partition coefficient (Wildman–Crippen LogP) is 4.09. The van der Waals surface area contributed by atoms with Crippen molar-refractivity contribution in [3.05, 3.63) is 0 Å². The molecule has 0 amide bonds. The minimum absolute atomic E-state index is 0.816. The summed E-state index contributed by atoms with van der Waals surface area (Å²) in [5, 5.41) is 0. The maximum absolute atomic E-state index is 10.7. The van der Waals surface area contributed by atoms with Crippen LogP contribution in [0.5, 0.6) is 0 Å². The Morgan fingerprint density at radius 1 is 1.00 bits per heavy atom. The molecule has 2 rings (SSSR count). The molecule has 2 fully saturated rings. The second-order valence-corrected chi connectivity index (χ2v) is 8.63. The molecule has 0 saturated heterocycles. The van der Waals surface area contributed by atoms with Gasteiger partial charge in [0.1, 0.15) is 0 Å². The van der Waals surface area contributed by atoms with Crippen LogP contribution in [0, 0.1) is 0 Å². The van der Waals surface area contributed by atoms with Crippen LogP contribution in [0.2, 0.25) is 0 Å². The number of nitrogens with zero attached hydrogens (tertiary/aromatic N) is 2. The first-order chi connectivity index (χ1) is 12.6. The van der Waals surface area contributed by atoms with E-state index < -0.39 is 15.6 Å². The molecule has 27 heavy (non-hydrogen) atoms. The van der Waals surface area contributed by atoms with E-state index in [0.29, 0.717) is 0 Å². The Balaban J connectivity index is 0.000000387. The van der Waals surface area contributed by atoms with Crippen molar-refractivity contribution >= 4 is 16.5 Å². The molecule has 160 valence electrons. The molecule has 0 unspecified atom stereocenters. The smallest absolute Gasteiger partial charge is 0.485 e. The molecular weight excluding hydrogens is 381 g/mol. The zero-order valence-electron chi connectivity index (χ0n) is 16.4. The van der Waals surface area contributed by atoms with Gasteiger partial charge in [-0.15, -0.1) is 0 Å². The lowest BCUT2D eigenvalue weighted by molar-refractivity contribution is -0.566. The number of halogens is 3. The van der Waals surface area contributed by atoms with E-state index in [9.17, 15) is 13.2 Å². The van der Waals surface area contributed by atoms with E-state index in [1.54, 1.807) is 0 Å². The van der Waals surface area contributed by atoms with Crippen LogP contribution in [0.25, 0.3) is 0 Å². The molecule has 0 atom stereocenters. The van der Waals surface area contributed by atoms with E-state index >= 15 is 0 Å². The highest BCUT2D eigenvalue weighted by Gasteiger charge is 2.37. The first kappa shape index (κ1) is 24.2. The molecule has 2 aliphatic rings. The monoisotopic (exact) mass is 414 g/mol. The Morgan fingerprint density at radius 3 is 1.81 bits per heavy atom. The van der Waals surface area contributed by atoms with Crippen LogP contribution < -0.4 is 0 Å². The molecule has 0 aromatic rings. The van der Waals surface area contributed by atoms with Gasteiger partial charge in [0.25, 0.3) is 0 Å². The van der Waals surface area contributed by atoms with Crippen LogP contribution in [0.1, 0.15) is 78.1 Å². The van der Waals surface area contributed by atoms with Gasteiger partial charge in [-0.3, -0.25) is 9.48 Å². The molecule has 0 N–H and O–H groups in total. The van der Waals surface area contributed by atoms with E-state index in [1.165, 1.54) is 77.3 Å². The summed E-state index contributed by atoms with van der Waals surface area (Å²) in [7, 11) is -6.09. The summed E-state index contributed by atoms with van der Waals surface area (Å²) in [6, 6.07) is 1.63. The largest absolute Gasteiger partial charge is 0.741 e. The van der Waals surface area contributed by atoms with Crippen molar-refractivity contribution < 1.29 is 30.7 Å². The third-order valence-electron chi connectivity index (χ3n) is 5.40. The second-order valence-electron chi connectivity index (χ2n) is 7.26. The number of hydrogen-bond donors (Lipinski definition) is 0. The Kier molecular flexibility index (Phi) is 10.1. The molecule has 0 bridgehead atoms. The standard InChI is InChI=1S/C17H33N2.CHF3O3S/c1-3-18(16-11-7-5-8-12-16)15-19(4-2)17-13-9-6-10-14-17;2-1(3,4)8(5,6)7/h15-17H,3-14H2,1-2H3;(H,5,6,7)/q+1;/p-1. The van der Waals surface area contributed by atoms with E-state index in [4.69, 9.17) is 13.0 Å². The van der Waals surface area contributed by atoms with Crippen molar-refractivity contribution in [1.29, 1.82) is 0 Å². The molecule has 0 aromatic carbocycles. The summed E-state index contributed by atoms with van der Waals surface area (Å²) in [5.41, 5.74) is -5.65. The van der Waals surface area contributed by atoms with Gasteiger partial charge in [-0.2, -0.15) is 13.2 Å². The van der Waals surface area contributed by atoms with Gasteiger partial charge in [0.15, 0.2) is 10.1 Å². The molecule has 2 saturated carbocycles. The highest BCUT2D eigenvalue weighted by molar-refractivity contribution is 7.86. The number of hydrogen-bond acceptors (Lipinski definition) is 3.